The van der Waals surface area contributed by atoms with Gasteiger partial charge in [-0.3, -0.25) is 4.79 Å². The molecule has 0 saturated carbocycles. The van der Waals surface area contributed by atoms with Gasteiger partial charge in [-0.05, 0) is 19.4 Å². The smallest absolute Gasteiger partial charge is 0.256 e. The van der Waals surface area contributed by atoms with Crippen LogP contribution in [0.2, 0.25) is 0 Å². The Bertz CT molecular complexity index is 624. The summed E-state index contributed by atoms with van der Waals surface area (Å²) in [6, 6.07) is 6.11. The molecule has 0 spiro atoms. The molecule has 19 heavy (non-hydrogen) atoms. The number of aryl methyl sites for hydroxylation is 2. The largest absolute Gasteiger partial charge is 0.358 e. The van der Waals surface area contributed by atoms with Crippen LogP contribution < -0.4 is 5.32 Å². The number of hydrogen-bond acceptors (Lipinski definition) is 2. The maximum atomic E-state index is 12.7. The van der Waals surface area contributed by atoms with Crippen LogP contribution in [0.1, 0.15) is 21.6 Å². The van der Waals surface area contributed by atoms with E-state index >= 15 is 0 Å². The maximum Gasteiger partial charge on any atom is 0.256 e. The molecule has 0 radical (unpaired) electrons. The quantitative estimate of drug-likeness (QED) is 0.819. The number of piperazine rings is 1. The standard InChI is InChI=1S/C15H19N3O/c1-10-4-3-5-12-13(11(2)17-14(10)12)15(19)18-8-6-16-7-9-18/h3-5,16-17H,6-9H2,1-2H3. The molecule has 2 N–H and O–H groups in total. The number of fused-ring (bicyclic) bond motifs is 1. The lowest BCUT2D eigenvalue weighted by atomic mass is 10.1. The Morgan fingerprint density at radius 3 is 2.68 bits per heavy atom. The highest BCUT2D eigenvalue weighted by molar-refractivity contribution is 6.08. The Labute approximate surface area is 112 Å². The van der Waals surface area contributed by atoms with Crippen molar-refractivity contribution in [3.8, 4) is 0 Å². The number of nitrogens with zero attached hydrogens (tertiary/aromatic N) is 1. The van der Waals surface area contributed by atoms with Gasteiger partial charge in [0, 0.05) is 42.8 Å². The van der Waals surface area contributed by atoms with E-state index in [0.29, 0.717) is 0 Å². The van der Waals surface area contributed by atoms with Gasteiger partial charge in [-0.25, -0.2) is 0 Å². The number of hydrogen-bond donors (Lipinski definition) is 2. The molecule has 3 rings (SSSR count). The summed E-state index contributed by atoms with van der Waals surface area (Å²) in [5, 5.41) is 4.32. The number of carbonyl (C=O) groups is 1. The number of aromatic amines is 1. The highest BCUT2D eigenvalue weighted by atomic mass is 16.2. The Morgan fingerprint density at radius 2 is 1.95 bits per heavy atom. The number of amides is 1. The Morgan fingerprint density at radius 1 is 1.21 bits per heavy atom. The zero-order valence-electron chi connectivity index (χ0n) is 11.4. The first-order chi connectivity index (χ1) is 9.18. The summed E-state index contributed by atoms with van der Waals surface area (Å²) in [6.45, 7) is 7.39. The van der Waals surface area contributed by atoms with Gasteiger partial charge in [-0.2, -0.15) is 0 Å². The zero-order chi connectivity index (χ0) is 13.4. The summed E-state index contributed by atoms with van der Waals surface area (Å²) in [5.41, 5.74) is 4.06. The molecule has 0 aliphatic carbocycles. The minimum absolute atomic E-state index is 0.149. The van der Waals surface area contributed by atoms with E-state index < -0.39 is 0 Å². The predicted octanol–water partition coefficient (Wildman–Crippen LogP) is 1.83. The van der Waals surface area contributed by atoms with Crippen molar-refractivity contribution >= 4 is 16.8 Å². The Kier molecular flexibility index (Phi) is 3.03. The third-order valence-electron chi connectivity index (χ3n) is 3.85. The lowest BCUT2D eigenvalue weighted by Crippen LogP contribution is -2.46. The van der Waals surface area contributed by atoms with Crippen LogP contribution in [-0.2, 0) is 0 Å². The van der Waals surface area contributed by atoms with Crippen LogP contribution >= 0.6 is 0 Å². The van der Waals surface area contributed by atoms with Crippen molar-refractivity contribution in [3.63, 3.8) is 0 Å². The molecule has 4 nitrogen and oxygen atoms in total. The number of nitrogens with one attached hydrogen (secondary N) is 2. The van der Waals surface area contributed by atoms with Crippen LogP contribution in [0.15, 0.2) is 18.2 Å². The molecular formula is C15H19N3O. The van der Waals surface area contributed by atoms with E-state index in [-0.39, 0.29) is 5.91 Å². The monoisotopic (exact) mass is 257 g/mol. The minimum Gasteiger partial charge on any atom is -0.358 e. The molecule has 1 amide bonds. The van der Waals surface area contributed by atoms with Crippen molar-refractivity contribution in [3.05, 3.63) is 35.0 Å². The SMILES string of the molecule is Cc1[nH]c2c(C)cccc2c1C(=O)N1CCNCC1. The van der Waals surface area contributed by atoms with Crippen molar-refractivity contribution in [2.45, 2.75) is 13.8 Å². The third kappa shape index (κ3) is 2.02. The van der Waals surface area contributed by atoms with Crippen molar-refractivity contribution in [2.24, 2.45) is 0 Å². The van der Waals surface area contributed by atoms with Crippen LogP contribution in [0.4, 0.5) is 0 Å². The summed E-state index contributed by atoms with van der Waals surface area (Å²) in [4.78, 5) is 18.0. The molecule has 2 heterocycles. The van der Waals surface area contributed by atoms with Gasteiger partial charge in [0.1, 0.15) is 0 Å². The number of rotatable bonds is 1. The molecule has 1 aromatic heterocycles. The number of para-hydroxylation sites is 1. The van der Waals surface area contributed by atoms with E-state index in [0.717, 1.165) is 48.3 Å². The maximum absolute atomic E-state index is 12.7. The molecule has 1 aliphatic rings. The topological polar surface area (TPSA) is 48.1 Å². The summed E-state index contributed by atoms with van der Waals surface area (Å²) in [5.74, 6) is 0.149. The number of aromatic nitrogens is 1. The molecule has 0 unspecified atom stereocenters. The Hall–Kier alpha value is -1.81. The third-order valence-corrected chi connectivity index (χ3v) is 3.85. The molecule has 1 saturated heterocycles. The van der Waals surface area contributed by atoms with Gasteiger partial charge in [0.15, 0.2) is 0 Å². The van der Waals surface area contributed by atoms with E-state index in [4.69, 9.17) is 0 Å². The predicted molar refractivity (Wildman–Crippen MR) is 76.5 cm³/mol. The average molecular weight is 257 g/mol. The first-order valence-electron chi connectivity index (χ1n) is 6.76. The van der Waals surface area contributed by atoms with E-state index in [1.807, 2.05) is 24.0 Å². The molecule has 0 bridgehead atoms. The van der Waals surface area contributed by atoms with Gasteiger partial charge in [0.05, 0.1) is 5.56 Å². The van der Waals surface area contributed by atoms with Gasteiger partial charge < -0.3 is 15.2 Å². The van der Waals surface area contributed by atoms with Crippen LogP contribution in [0, 0.1) is 13.8 Å². The van der Waals surface area contributed by atoms with E-state index in [9.17, 15) is 4.79 Å². The molecule has 1 aromatic carbocycles. The number of H-pyrrole nitrogens is 1. The number of benzene rings is 1. The van der Waals surface area contributed by atoms with E-state index in [2.05, 4.69) is 23.3 Å². The second kappa shape index (κ2) is 4.70. The van der Waals surface area contributed by atoms with Crippen LogP contribution in [-0.4, -0.2) is 42.0 Å². The fraction of sp³-hybridized carbons (Fsp3) is 0.400. The van der Waals surface area contributed by atoms with E-state index in [1.54, 1.807) is 0 Å². The summed E-state index contributed by atoms with van der Waals surface area (Å²) < 4.78 is 0. The van der Waals surface area contributed by atoms with Gasteiger partial charge in [0.25, 0.3) is 5.91 Å². The molecule has 1 aliphatic heterocycles. The zero-order valence-corrected chi connectivity index (χ0v) is 11.4. The van der Waals surface area contributed by atoms with Crippen molar-refractivity contribution in [1.82, 2.24) is 15.2 Å². The molecule has 1 fully saturated rings. The van der Waals surface area contributed by atoms with E-state index in [1.165, 1.54) is 5.56 Å². The minimum atomic E-state index is 0.149. The van der Waals surface area contributed by atoms with Crippen molar-refractivity contribution in [1.29, 1.82) is 0 Å². The second-order valence-corrected chi connectivity index (χ2v) is 5.16. The second-order valence-electron chi connectivity index (χ2n) is 5.16. The highest BCUT2D eigenvalue weighted by Gasteiger charge is 2.23. The first kappa shape index (κ1) is 12.2. The van der Waals surface area contributed by atoms with Crippen molar-refractivity contribution in [2.75, 3.05) is 26.2 Å². The van der Waals surface area contributed by atoms with Gasteiger partial charge in [0.2, 0.25) is 0 Å². The fourth-order valence-corrected chi connectivity index (χ4v) is 2.80. The summed E-state index contributed by atoms with van der Waals surface area (Å²) in [6.07, 6.45) is 0. The molecule has 100 valence electrons. The Balaban J connectivity index is 2.06. The lowest BCUT2D eigenvalue weighted by Gasteiger charge is -2.27. The van der Waals surface area contributed by atoms with Crippen LogP contribution in [0.5, 0.6) is 0 Å². The normalized spacial score (nSPS) is 16.0. The van der Waals surface area contributed by atoms with Crippen LogP contribution in [0.3, 0.4) is 0 Å². The lowest BCUT2D eigenvalue weighted by molar-refractivity contribution is 0.0737. The van der Waals surface area contributed by atoms with Crippen LogP contribution in [0.25, 0.3) is 10.9 Å². The van der Waals surface area contributed by atoms with Crippen molar-refractivity contribution < 1.29 is 4.79 Å². The molecule has 0 atom stereocenters. The summed E-state index contributed by atoms with van der Waals surface area (Å²) in [7, 11) is 0. The van der Waals surface area contributed by atoms with Gasteiger partial charge >= 0.3 is 0 Å². The summed E-state index contributed by atoms with van der Waals surface area (Å²) >= 11 is 0. The van der Waals surface area contributed by atoms with Gasteiger partial charge in [-0.1, -0.05) is 18.2 Å². The molecular weight excluding hydrogens is 238 g/mol. The van der Waals surface area contributed by atoms with Gasteiger partial charge in [-0.15, -0.1) is 0 Å². The molecule has 2 aromatic rings. The highest BCUT2D eigenvalue weighted by Crippen LogP contribution is 2.25. The number of carbonyl (C=O) groups excluding carboxylic acids is 1. The fourth-order valence-electron chi connectivity index (χ4n) is 2.80. The molecule has 4 heteroatoms. The average Bonchev–Trinajstić information content (AvgIpc) is 2.77. The first-order valence-corrected chi connectivity index (χ1v) is 6.76.